The fourth-order valence-electron chi connectivity index (χ4n) is 3.56. The van der Waals surface area contributed by atoms with Gasteiger partial charge < -0.3 is 20.1 Å². The molecule has 0 aliphatic carbocycles. The van der Waals surface area contributed by atoms with Gasteiger partial charge in [-0.15, -0.1) is 0 Å². The monoisotopic (exact) mass is 506 g/mol. The van der Waals surface area contributed by atoms with E-state index in [1.807, 2.05) is 44.7 Å². The molecule has 0 fully saturated rings. The lowest BCUT2D eigenvalue weighted by Gasteiger charge is -2.20. The smallest absolute Gasteiger partial charge is 0.228 e. The van der Waals surface area contributed by atoms with Crippen LogP contribution in [0.3, 0.4) is 0 Å². The highest BCUT2D eigenvalue weighted by Gasteiger charge is 2.26. The molecule has 3 heterocycles. The number of nitrogens with zero attached hydrogens (tertiary/aromatic N) is 6. The van der Waals surface area contributed by atoms with Crippen molar-refractivity contribution >= 4 is 38.6 Å². The van der Waals surface area contributed by atoms with Crippen LogP contribution >= 0.6 is 0 Å². The number of aromatic nitrogens is 5. The first-order valence-electron chi connectivity index (χ1n) is 11.6. The lowest BCUT2D eigenvalue weighted by atomic mass is 10.3. The van der Waals surface area contributed by atoms with E-state index in [9.17, 15) is 13.5 Å². The minimum absolute atomic E-state index is 0.0805. The lowest BCUT2D eigenvalue weighted by molar-refractivity contribution is 0.124. The van der Waals surface area contributed by atoms with Gasteiger partial charge in [0.1, 0.15) is 22.5 Å². The van der Waals surface area contributed by atoms with Gasteiger partial charge in [-0.05, 0) is 44.9 Å². The van der Waals surface area contributed by atoms with Crippen molar-refractivity contribution in [1.82, 2.24) is 29.5 Å². The molecular weight excluding hydrogens is 472 g/mol. The second kappa shape index (κ2) is 11.7. The Labute approximate surface area is 205 Å². The van der Waals surface area contributed by atoms with E-state index < -0.39 is 16.3 Å². The normalized spacial score (nSPS) is 12.7. The number of fused-ring (bicyclic) bond motifs is 1. The van der Waals surface area contributed by atoms with Gasteiger partial charge in [0.25, 0.3) is 0 Å². The van der Waals surface area contributed by atoms with Crippen molar-refractivity contribution in [3.8, 4) is 0 Å². The molecule has 0 spiro atoms. The van der Waals surface area contributed by atoms with Crippen molar-refractivity contribution in [3.05, 3.63) is 29.6 Å². The maximum Gasteiger partial charge on any atom is 0.228 e. The van der Waals surface area contributed by atoms with Crippen molar-refractivity contribution in [2.45, 2.75) is 46.9 Å². The molecule has 13 heteroatoms. The van der Waals surface area contributed by atoms with E-state index in [1.54, 1.807) is 10.9 Å². The molecule has 0 saturated carbocycles. The molecule has 0 bridgehead atoms. The van der Waals surface area contributed by atoms with Gasteiger partial charge in [-0.1, -0.05) is 6.92 Å². The minimum Gasteiger partial charge on any atom is -0.380 e. The molecule has 1 unspecified atom stereocenters. The van der Waals surface area contributed by atoms with E-state index in [0.717, 1.165) is 18.2 Å². The first kappa shape index (κ1) is 26.7. The van der Waals surface area contributed by atoms with Crippen LogP contribution in [0.25, 0.3) is 11.0 Å². The van der Waals surface area contributed by atoms with Crippen LogP contribution in [0.2, 0.25) is 0 Å². The SMILES string of the molecule is CCCOCCn1nc(C(O)NS(C)(=O)=O)c2nc(N(CC)CC)nc(Nc3cc(C)ccn3)c21. The number of rotatable bonds is 13. The van der Waals surface area contributed by atoms with Crippen molar-refractivity contribution in [2.75, 3.05) is 42.8 Å². The van der Waals surface area contributed by atoms with Gasteiger partial charge in [0.15, 0.2) is 12.0 Å². The van der Waals surface area contributed by atoms with Gasteiger partial charge in [0.05, 0.1) is 19.4 Å². The zero-order valence-corrected chi connectivity index (χ0v) is 21.6. The second-order valence-electron chi connectivity index (χ2n) is 8.10. The Bertz CT molecular complexity index is 1240. The summed E-state index contributed by atoms with van der Waals surface area (Å²) in [6.07, 6.45) is 1.96. The maximum absolute atomic E-state index is 11.8. The van der Waals surface area contributed by atoms with Crippen LogP contribution in [-0.2, 0) is 21.3 Å². The molecule has 0 saturated heterocycles. The van der Waals surface area contributed by atoms with Gasteiger partial charge in [0.2, 0.25) is 16.0 Å². The Morgan fingerprint density at radius 1 is 1.20 bits per heavy atom. The molecule has 12 nitrogen and oxygen atoms in total. The predicted octanol–water partition coefficient (Wildman–Crippen LogP) is 2.09. The van der Waals surface area contributed by atoms with Crippen molar-refractivity contribution in [1.29, 1.82) is 0 Å². The Balaban J connectivity index is 2.21. The summed E-state index contributed by atoms with van der Waals surface area (Å²) in [7, 11) is -3.71. The van der Waals surface area contributed by atoms with Gasteiger partial charge in [-0.25, -0.2) is 18.4 Å². The standard InChI is InChI=1S/C22H34N8O4S/c1-6-12-34-13-11-30-19-17(18(27-30)21(31)28-35(5,32)33)25-22(29(7-2)8-3)26-20(19)24-16-14-15(4)9-10-23-16/h9-10,14,21,28,31H,6-8,11-13H2,1-5H3,(H,23,24,25,26). The van der Waals surface area contributed by atoms with Crippen LogP contribution in [-0.4, -0.2) is 70.8 Å². The molecule has 35 heavy (non-hydrogen) atoms. The average Bonchev–Trinajstić information content (AvgIpc) is 3.16. The summed E-state index contributed by atoms with van der Waals surface area (Å²) in [4.78, 5) is 15.8. The number of sulfonamides is 1. The third-order valence-electron chi connectivity index (χ3n) is 5.19. The van der Waals surface area contributed by atoms with E-state index in [-0.39, 0.29) is 5.69 Å². The third kappa shape index (κ3) is 6.84. The highest BCUT2D eigenvalue weighted by Crippen LogP contribution is 2.30. The molecule has 192 valence electrons. The van der Waals surface area contributed by atoms with Crippen LogP contribution in [0.5, 0.6) is 0 Å². The first-order chi connectivity index (χ1) is 16.7. The summed E-state index contributed by atoms with van der Waals surface area (Å²) < 4.78 is 33.1. The van der Waals surface area contributed by atoms with Gasteiger partial charge in [0, 0.05) is 25.9 Å². The first-order valence-corrected chi connectivity index (χ1v) is 13.5. The highest BCUT2D eigenvalue weighted by atomic mass is 32.2. The summed E-state index contributed by atoms with van der Waals surface area (Å²) in [6, 6.07) is 3.78. The number of hydrogen-bond acceptors (Lipinski definition) is 10. The molecule has 3 rings (SSSR count). The van der Waals surface area contributed by atoms with Gasteiger partial charge in [-0.3, -0.25) is 4.68 Å². The largest absolute Gasteiger partial charge is 0.380 e. The third-order valence-corrected chi connectivity index (χ3v) is 5.84. The molecular formula is C22H34N8O4S. The summed E-state index contributed by atoms with van der Waals surface area (Å²) in [5, 5.41) is 18.5. The number of anilines is 3. The Morgan fingerprint density at radius 3 is 2.57 bits per heavy atom. The number of aliphatic hydroxyl groups excluding tert-OH is 1. The second-order valence-corrected chi connectivity index (χ2v) is 9.88. The van der Waals surface area contributed by atoms with Crippen molar-refractivity contribution in [3.63, 3.8) is 0 Å². The molecule has 0 radical (unpaired) electrons. The molecule has 0 aromatic carbocycles. The molecule has 3 N–H and O–H groups in total. The molecule has 1 atom stereocenters. The average molecular weight is 507 g/mol. The number of ether oxygens (including phenoxy) is 1. The number of pyridine rings is 1. The summed E-state index contributed by atoms with van der Waals surface area (Å²) in [6.45, 7) is 10.6. The quantitative estimate of drug-likeness (QED) is 0.232. The zero-order chi connectivity index (χ0) is 25.6. The Kier molecular flexibility index (Phi) is 8.94. The molecule has 3 aromatic heterocycles. The van der Waals surface area contributed by atoms with E-state index in [1.165, 1.54) is 0 Å². The number of aryl methyl sites for hydroxylation is 1. The van der Waals surface area contributed by atoms with Crippen LogP contribution < -0.4 is 14.9 Å². The summed E-state index contributed by atoms with van der Waals surface area (Å²) in [5.41, 5.74) is 1.94. The molecule has 0 aliphatic rings. The van der Waals surface area contributed by atoms with Crippen LogP contribution in [0.4, 0.5) is 17.6 Å². The van der Waals surface area contributed by atoms with E-state index in [2.05, 4.69) is 25.1 Å². The fraction of sp³-hybridized carbons (Fsp3) is 0.545. The predicted molar refractivity (Wildman–Crippen MR) is 135 cm³/mol. The van der Waals surface area contributed by atoms with Crippen LogP contribution in [0.1, 0.15) is 44.7 Å². The minimum atomic E-state index is -3.71. The number of nitrogens with one attached hydrogen (secondary N) is 2. The topological polar surface area (TPSA) is 147 Å². The molecule has 0 aliphatic heterocycles. The van der Waals surface area contributed by atoms with E-state index in [0.29, 0.717) is 61.5 Å². The van der Waals surface area contributed by atoms with Crippen molar-refractivity contribution in [2.24, 2.45) is 0 Å². The fourth-order valence-corrected chi connectivity index (χ4v) is 4.07. The van der Waals surface area contributed by atoms with Gasteiger partial charge in [-0.2, -0.15) is 14.8 Å². The van der Waals surface area contributed by atoms with Gasteiger partial charge >= 0.3 is 0 Å². The van der Waals surface area contributed by atoms with Crippen LogP contribution in [0, 0.1) is 6.92 Å². The summed E-state index contributed by atoms with van der Waals surface area (Å²) >= 11 is 0. The molecule has 0 amide bonds. The highest BCUT2D eigenvalue weighted by molar-refractivity contribution is 7.88. The maximum atomic E-state index is 11.8. The van der Waals surface area contributed by atoms with E-state index in [4.69, 9.17) is 9.72 Å². The number of hydrogen-bond donors (Lipinski definition) is 3. The number of aliphatic hydroxyl groups is 1. The zero-order valence-electron chi connectivity index (χ0n) is 20.8. The van der Waals surface area contributed by atoms with E-state index >= 15 is 0 Å². The summed E-state index contributed by atoms with van der Waals surface area (Å²) in [5.74, 6) is 1.45. The Hall–Kier alpha value is -2.87. The van der Waals surface area contributed by atoms with Crippen molar-refractivity contribution < 1.29 is 18.3 Å². The lowest BCUT2D eigenvalue weighted by Crippen LogP contribution is -2.28. The Morgan fingerprint density at radius 2 is 1.94 bits per heavy atom. The van der Waals surface area contributed by atoms with Crippen LogP contribution in [0.15, 0.2) is 18.3 Å². The molecule has 3 aromatic rings.